The maximum Gasteiger partial charge on any atom is 0.0639 e. The second-order valence-corrected chi connectivity index (χ2v) is 3.95. The minimum Gasteiger partial charge on any atom is -0.392 e. The van der Waals surface area contributed by atoms with Crippen LogP contribution in [0, 0.1) is 6.92 Å². The first-order chi connectivity index (χ1) is 7.11. The maximum absolute atomic E-state index is 9.32. The molecule has 3 nitrogen and oxygen atoms in total. The van der Waals surface area contributed by atoms with E-state index in [2.05, 4.69) is 16.8 Å². The third-order valence-corrected chi connectivity index (χ3v) is 2.30. The SMILES string of the molecule is CCN(Cc1cccc(C)n1)CC(C)O. The van der Waals surface area contributed by atoms with Crippen LogP contribution in [0.2, 0.25) is 0 Å². The molecule has 0 aliphatic heterocycles. The Balaban J connectivity index is 2.58. The zero-order valence-corrected chi connectivity index (χ0v) is 9.77. The van der Waals surface area contributed by atoms with Gasteiger partial charge in [0.15, 0.2) is 0 Å². The third kappa shape index (κ3) is 4.40. The number of pyridine rings is 1. The minimum absolute atomic E-state index is 0.283. The summed E-state index contributed by atoms with van der Waals surface area (Å²) in [5.41, 5.74) is 2.11. The molecule has 0 aliphatic rings. The average Bonchev–Trinajstić information content (AvgIpc) is 2.16. The lowest BCUT2D eigenvalue weighted by atomic mass is 10.2. The molecule has 0 spiro atoms. The van der Waals surface area contributed by atoms with E-state index < -0.39 is 0 Å². The van der Waals surface area contributed by atoms with Crippen LogP contribution < -0.4 is 0 Å². The Morgan fingerprint density at radius 1 is 1.47 bits per heavy atom. The van der Waals surface area contributed by atoms with E-state index in [0.717, 1.165) is 24.5 Å². The van der Waals surface area contributed by atoms with E-state index in [1.807, 2.05) is 32.0 Å². The second-order valence-electron chi connectivity index (χ2n) is 3.95. The normalized spacial score (nSPS) is 13.1. The molecule has 3 heteroatoms. The Bertz CT molecular complexity index is 299. The molecule has 1 atom stereocenters. The van der Waals surface area contributed by atoms with E-state index in [0.29, 0.717) is 6.54 Å². The average molecular weight is 208 g/mol. The van der Waals surface area contributed by atoms with Crippen molar-refractivity contribution >= 4 is 0 Å². The molecular weight excluding hydrogens is 188 g/mol. The highest BCUT2D eigenvalue weighted by molar-refractivity contribution is 5.09. The lowest BCUT2D eigenvalue weighted by molar-refractivity contribution is 0.125. The first kappa shape index (κ1) is 12.1. The Hall–Kier alpha value is -0.930. The number of aryl methyl sites for hydroxylation is 1. The van der Waals surface area contributed by atoms with Crippen molar-refractivity contribution in [3.05, 3.63) is 29.6 Å². The van der Waals surface area contributed by atoms with Gasteiger partial charge in [-0.3, -0.25) is 9.88 Å². The molecule has 0 amide bonds. The molecule has 1 aromatic rings. The molecular formula is C12H20N2O. The van der Waals surface area contributed by atoms with Gasteiger partial charge < -0.3 is 5.11 Å². The molecule has 0 aliphatic carbocycles. The third-order valence-electron chi connectivity index (χ3n) is 2.30. The Morgan fingerprint density at radius 3 is 2.73 bits per heavy atom. The molecule has 1 rings (SSSR count). The lowest BCUT2D eigenvalue weighted by Crippen LogP contribution is -2.30. The first-order valence-corrected chi connectivity index (χ1v) is 5.44. The number of likely N-dealkylation sites (N-methyl/N-ethyl adjacent to an activating group) is 1. The lowest BCUT2D eigenvalue weighted by Gasteiger charge is -2.21. The highest BCUT2D eigenvalue weighted by Gasteiger charge is 2.07. The van der Waals surface area contributed by atoms with Crippen molar-refractivity contribution in [1.82, 2.24) is 9.88 Å². The van der Waals surface area contributed by atoms with E-state index >= 15 is 0 Å². The Labute approximate surface area is 91.8 Å². The smallest absolute Gasteiger partial charge is 0.0639 e. The van der Waals surface area contributed by atoms with Crippen LogP contribution in [0.3, 0.4) is 0 Å². The van der Waals surface area contributed by atoms with Gasteiger partial charge >= 0.3 is 0 Å². The number of rotatable bonds is 5. The monoisotopic (exact) mass is 208 g/mol. The van der Waals surface area contributed by atoms with Gasteiger partial charge in [0.2, 0.25) is 0 Å². The number of nitrogens with zero attached hydrogens (tertiary/aromatic N) is 2. The van der Waals surface area contributed by atoms with E-state index in [1.54, 1.807) is 0 Å². The summed E-state index contributed by atoms with van der Waals surface area (Å²) in [5.74, 6) is 0. The van der Waals surface area contributed by atoms with Gasteiger partial charge in [0.1, 0.15) is 0 Å². The van der Waals surface area contributed by atoms with Crippen LogP contribution >= 0.6 is 0 Å². The number of hydrogen-bond donors (Lipinski definition) is 1. The summed E-state index contributed by atoms with van der Waals surface area (Å²) in [6.45, 7) is 8.34. The molecule has 1 unspecified atom stereocenters. The predicted octanol–water partition coefficient (Wildman–Crippen LogP) is 1.59. The van der Waals surface area contributed by atoms with E-state index in [-0.39, 0.29) is 6.10 Å². The molecule has 0 saturated carbocycles. The van der Waals surface area contributed by atoms with Gasteiger partial charge in [0.05, 0.1) is 11.8 Å². The molecule has 0 bridgehead atoms. The summed E-state index contributed by atoms with van der Waals surface area (Å²) in [6.07, 6.45) is -0.283. The van der Waals surface area contributed by atoms with E-state index in [1.165, 1.54) is 0 Å². The van der Waals surface area contributed by atoms with E-state index in [4.69, 9.17) is 0 Å². The van der Waals surface area contributed by atoms with Gasteiger partial charge in [-0.25, -0.2) is 0 Å². The van der Waals surface area contributed by atoms with Gasteiger partial charge in [-0.15, -0.1) is 0 Å². The van der Waals surface area contributed by atoms with Crippen LogP contribution in [0.1, 0.15) is 25.2 Å². The summed E-state index contributed by atoms with van der Waals surface area (Å²) in [7, 11) is 0. The molecule has 1 heterocycles. The molecule has 1 aromatic heterocycles. The zero-order valence-electron chi connectivity index (χ0n) is 9.77. The number of aliphatic hydroxyl groups is 1. The molecule has 0 radical (unpaired) electrons. The van der Waals surface area contributed by atoms with Crippen LogP contribution in [0.4, 0.5) is 0 Å². The van der Waals surface area contributed by atoms with Crippen LogP contribution in [0.15, 0.2) is 18.2 Å². The van der Waals surface area contributed by atoms with Gasteiger partial charge in [0.25, 0.3) is 0 Å². The van der Waals surface area contributed by atoms with Crippen molar-refractivity contribution in [3.8, 4) is 0 Å². The Kier molecular flexibility index (Phi) is 4.72. The van der Waals surface area contributed by atoms with Crippen LogP contribution in [0.25, 0.3) is 0 Å². The van der Waals surface area contributed by atoms with Gasteiger partial charge in [0, 0.05) is 18.8 Å². The summed E-state index contributed by atoms with van der Waals surface area (Å²) in [5, 5.41) is 9.32. The Morgan fingerprint density at radius 2 is 2.20 bits per heavy atom. The summed E-state index contributed by atoms with van der Waals surface area (Å²) in [4.78, 5) is 6.63. The molecule has 84 valence electrons. The first-order valence-electron chi connectivity index (χ1n) is 5.44. The van der Waals surface area contributed by atoms with Crippen LogP contribution in [0.5, 0.6) is 0 Å². The second kappa shape index (κ2) is 5.83. The molecule has 0 fully saturated rings. The number of aliphatic hydroxyl groups excluding tert-OH is 1. The predicted molar refractivity (Wildman–Crippen MR) is 61.6 cm³/mol. The fourth-order valence-corrected chi connectivity index (χ4v) is 1.60. The van der Waals surface area contributed by atoms with Crippen molar-refractivity contribution in [1.29, 1.82) is 0 Å². The number of hydrogen-bond acceptors (Lipinski definition) is 3. The van der Waals surface area contributed by atoms with Crippen LogP contribution in [-0.4, -0.2) is 34.2 Å². The quantitative estimate of drug-likeness (QED) is 0.798. The van der Waals surface area contributed by atoms with Crippen molar-refractivity contribution < 1.29 is 5.11 Å². The summed E-state index contributed by atoms with van der Waals surface area (Å²) in [6, 6.07) is 6.04. The maximum atomic E-state index is 9.32. The highest BCUT2D eigenvalue weighted by atomic mass is 16.3. The standard InChI is InChI=1S/C12H20N2O/c1-4-14(8-11(3)15)9-12-7-5-6-10(2)13-12/h5-7,11,15H,4,8-9H2,1-3H3. The van der Waals surface area contributed by atoms with Crippen molar-refractivity contribution in [3.63, 3.8) is 0 Å². The van der Waals surface area contributed by atoms with Gasteiger partial charge in [-0.1, -0.05) is 13.0 Å². The zero-order chi connectivity index (χ0) is 11.3. The molecule has 1 N–H and O–H groups in total. The van der Waals surface area contributed by atoms with Crippen molar-refractivity contribution in [2.24, 2.45) is 0 Å². The number of aromatic nitrogens is 1. The molecule has 15 heavy (non-hydrogen) atoms. The van der Waals surface area contributed by atoms with E-state index in [9.17, 15) is 5.11 Å². The summed E-state index contributed by atoms with van der Waals surface area (Å²) >= 11 is 0. The van der Waals surface area contributed by atoms with Gasteiger partial charge in [-0.05, 0) is 32.5 Å². The van der Waals surface area contributed by atoms with Crippen LogP contribution in [-0.2, 0) is 6.54 Å². The fourth-order valence-electron chi connectivity index (χ4n) is 1.60. The summed E-state index contributed by atoms with van der Waals surface area (Å²) < 4.78 is 0. The molecule has 0 saturated heterocycles. The minimum atomic E-state index is -0.283. The fraction of sp³-hybridized carbons (Fsp3) is 0.583. The molecule has 0 aromatic carbocycles. The van der Waals surface area contributed by atoms with Gasteiger partial charge in [-0.2, -0.15) is 0 Å². The highest BCUT2D eigenvalue weighted by Crippen LogP contribution is 2.03. The topological polar surface area (TPSA) is 36.4 Å². The van der Waals surface area contributed by atoms with Crippen molar-refractivity contribution in [2.75, 3.05) is 13.1 Å². The largest absolute Gasteiger partial charge is 0.392 e. The van der Waals surface area contributed by atoms with Crippen molar-refractivity contribution in [2.45, 2.75) is 33.4 Å².